The molecule has 1 unspecified atom stereocenters. The molecule has 0 fully saturated rings. The Balaban J connectivity index is 2.74. The fourth-order valence-electron chi connectivity index (χ4n) is 3.95. The van der Waals surface area contributed by atoms with E-state index in [-0.39, 0.29) is 17.6 Å². The van der Waals surface area contributed by atoms with Crippen molar-refractivity contribution in [3.8, 4) is 0 Å². The number of carbonyl (C=O) groups is 1. The Hall–Kier alpha value is -2.02. The molecule has 0 amide bonds. The molecule has 0 aromatic heterocycles. The second kappa shape index (κ2) is 11.2. The predicted molar refractivity (Wildman–Crippen MR) is 130 cm³/mol. The number of rotatable bonds is 11. The molecule has 2 rings (SSSR count). The normalized spacial score (nSPS) is 13.0. The van der Waals surface area contributed by atoms with Crippen molar-refractivity contribution in [2.24, 2.45) is 0 Å². The molecule has 0 aliphatic rings. The Morgan fingerprint density at radius 1 is 0.969 bits per heavy atom. The molecule has 0 saturated carbocycles. The van der Waals surface area contributed by atoms with Crippen molar-refractivity contribution >= 4 is 16.1 Å². The highest BCUT2D eigenvalue weighted by molar-refractivity contribution is 7.83. The fourth-order valence-corrected chi connectivity index (χ4v) is 4.47. The van der Waals surface area contributed by atoms with Crippen molar-refractivity contribution in [1.82, 2.24) is 4.72 Å². The van der Waals surface area contributed by atoms with E-state index in [1.807, 2.05) is 59.7 Å². The molecular formula is C26H36NO4S. The molecule has 0 spiro atoms. The van der Waals surface area contributed by atoms with Crippen LogP contribution >= 0.6 is 0 Å². The van der Waals surface area contributed by atoms with Crippen LogP contribution in [0.5, 0.6) is 0 Å². The summed E-state index contributed by atoms with van der Waals surface area (Å²) in [6, 6.07) is 11.6. The average molecular weight is 459 g/mol. The van der Waals surface area contributed by atoms with Gasteiger partial charge in [-0.2, -0.15) is 13.1 Å². The number of hydrogen-bond acceptors (Lipinski definition) is 3. The third kappa shape index (κ3) is 6.74. The molecule has 5 nitrogen and oxygen atoms in total. The summed E-state index contributed by atoms with van der Waals surface area (Å²) in [6.07, 6.45) is 3.12. The van der Waals surface area contributed by atoms with E-state index in [4.69, 9.17) is 0 Å². The van der Waals surface area contributed by atoms with E-state index in [9.17, 15) is 17.8 Å². The highest BCUT2D eigenvalue weighted by Gasteiger charge is 2.30. The lowest BCUT2D eigenvalue weighted by Crippen LogP contribution is -2.35. The van der Waals surface area contributed by atoms with E-state index in [0.29, 0.717) is 24.0 Å². The molecule has 0 heterocycles. The second-order valence-electron chi connectivity index (χ2n) is 8.97. The van der Waals surface area contributed by atoms with Crippen LogP contribution in [0.15, 0.2) is 30.3 Å². The van der Waals surface area contributed by atoms with E-state index < -0.39 is 16.3 Å². The Labute approximate surface area is 193 Å². The minimum absolute atomic E-state index is 0.163. The SMILES string of the molecule is CCCc1cccc(CCC)c1C(NS(=O)(=O)O)C(=O)c1cc(C(C)C)[c]c(C(C)C)c1. The lowest BCUT2D eigenvalue weighted by molar-refractivity contribution is 0.0951. The van der Waals surface area contributed by atoms with Crippen LogP contribution in [0.2, 0.25) is 0 Å². The monoisotopic (exact) mass is 458 g/mol. The molecule has 0 aliphatic carbocycles. The highest BCUT2D eigenvalue weighted by Crippen LogP contribution is 2.31. The molecule has 32 heavy (non-hydrogen) atoms. The molecule has 1 radical (unpaired) electrons. The first-order valence-corrected chi connectivity index (χ1v) is 12.9. The van der Waals surface area contributed by atoms with Gasteiger partial charge in [-0.05, 0) is 70.7 Å². The topological polar surface area (TPSA) is 83.5 Å². The number of Topliss-reactive ketones (excluding diaryl/α,β-unsaturated/α-hetero) is 1. The Bertz CT molecular complexity index is 991. The zero-order chi connectivity index (χ0) is 24.1. The van der Waals surface area contributed by atoms with Crippen LogP contribution in [0.1, 0.15) is 110 Å². The minimum Gasteiger partial charge on any atom is -0.292 e. The van der Waals surface area contributed by atoms with Crippen LogP contribution in [0.3, 0.4) is 0 Å². The summed E-state index contributed by atoms with van der Waals surface area (Å²) in [6.45, 7) is 12.2. The molecule has 175 valence electrons. The van der Waals surface area contributed by atoms with Crippen LogP contribution in [-0.4, -0.2) is 18.8 Å². The maximum absolute atomic E-state index is 13.8. The van der Waals surface area contributed by atoms with Crippen molar-refractivity contribution < 1.29 is 17.8 Å². The molecule has 0 bridgehead atoms. The summed E-state index contributed by atoms with van der Waals surface area (Å²) < 4.78 is 35.8. The number of carbonyl (C=O) groups excluding carboxylic acids is 1. The summed E-state index contributed by atoms with van der Waals surface area (Å²) in [5.74, 6) is -0.0474. The largest absolute Gasteiger partial charge is 0.334 e. The van der Waals surface area contributed by atoms with Gasteiger partial charge in [0, 0.05) is 5.56 Å². The predicted octanol–water partition coefficient (Wildman–Crippen LogP) is 5.95. The van der Waals surface area contributed by atoms with Crippen LogP contribution in [0.25, 0.3) is 0 Å². The molecular weight excluding hydrogens is 422 g/mol. The van der Waals surface area contributed by atoms with Gasteiger partial charge in [-0.3, -0.25) is 9.35 Å². The summed E-state index contributed by atoms with van der Waals surface area (Å²) in [5.41, 5.74) is 4.73. The van der Waals surface area contributed by atoms with E-state index in [0.717, 1.165) is 35.1 Å². The molecule has 2 aromatic carbocycles. The number of ketones is 1. The van der Waals surface area contributed by atoms with Gasteiger partial charge in [-0.15, -0.1) is 0 Å². The van der Waals surface area contributed by atoms with E-state index in [1.165, 1.54) is 0 Å². The third-order valence-corrected chi connectivity index (χ3v) is 6.12. The van der Waals surface area contributed by atoms with E-state index >= 15 is 0 Å². The first-order chi connectivity index (χ1) is 15.0. The third-order valence-electron chi connectivity index (χ3n) is 5.58. The Kier molecular flexibility index (Phi) is 9.19. The lowest BCUT2D eigenvalue weighted by atomic mass is 9.85. The zero-order valence-corrected chi connectivity index (χ0v) is 20.8. The maximum Gasteiger partial charge on any atom is 0.334 e. The van der Waals surface area contributed by atoms with Crippen molar-refractivity contribution in [2.45, 2.75) is 85.1 Å². The van der Waals surface area contributed by atoms with Crippen molar-refractivity contribution in [3.05, 3.63) is 69.8 Å². The van der Waals surface area contributed by atoms with Crippen LogP contribution in [0, 0.1) is 6.07 Å². The zero-order valence-electron chi connectivity index (χ0n) is 20.0. The van der Waals surface area contributed by atoms with Gasteiger partial charge in [-0.25, -0.2) is 0 Å². The molecule has 2 aromatic rings. The standard InChI is InChI=1S/C26H36NO4S/c1-7-10-19-12-9-13-20(11-8-2)24(19)25(27-32(29,30)31)26(28)23-15-21(17(3)4)14-22(16-23)18(5)6/h9,12-13,15-18,25,27H,7-8,10-11H2,1-6H3,(H,29,30,31). The number of hydrogen-bond donors (Lipinski definition) is 2. The minimum atomic E-state index is -4.62. The van der Waals surface area contributed by atoms with E-state index in [2.05, 4.69) is 10.8 Å². The number of benzene rings is 2. The first-order valence-electron chi connectivity index (χ1n) is 11.4. The van der Waals surface area contributed by atoms with Gasteiger partial charge in [0.15, 0.2) is 5.78 Å². The quantitative estimate of drug-likeness (QED) is 0.322. The van der Waals surface area contributed by atoms with Gasteiger partial charge < -0.3 is 0 Å². The average Bonchev–Trinajstić information content (AvgIpc) is 2.71. The molecule has 2 N–H and O–H groups in total. The first kappa shape index (κ1) is 26.2. The van der Waals surface area contributed by atoms with Crippen LogP contribution in [-0.2, 0) is 23.1 Å². The van der Waals surface area contributed by atoms with Crippen molar-refractivity contribution in [2.75, 3.05) is 0 Å². The number of nitrogens with one attached hydrogen (secondary N) is 1. The number of aryl methyl sites for hydroxylation is 2. The van der Waals surface area contributed by atoms with Gasteiger partial charge in [0.1, 0.15) is 6.04 Å². The summed E-state index contributed by atoms with van der Waals surface area (Å²) in [5, 5.41) is 0. The molecule has 0 aliphatic heterocycles. The molecule has 1 atom stereocenters. The Morgan fingerprint density at radius 2 is 1.44 bits per heavy atom. The van der Waals surface area contributed by atoms with Crippen LogP contribution < -0.4 is 4.72 Å². The second-order valence-corrected chi connectivity index (χ2v) is 10.2. The van der Waals surface area contributed by atoms with E-state index in [1.54, 1.807) is 12.1 Å². The summed E-state index contributed by atoms with van der Waals surface area (Å²) in [4.78, 5) is 13.8. The van der Waals surface area contributed by atoms with Gasteiger partial charge in [-0.1, -0.05) is 72.6 Å². The lowest BCUT2D eigenvalue weighted by Gasteiger charge is -2.24. The Morgan fingerprint density at radius 3 is 1.81 bits per heavy atom. The van der Waals surface area contributed by atoms with Gasteiger partial charge in [0.05, 0.1) is 0 Å². The summed E-state index contributed by atoms with van der Waals surface area (Å²) >= 11 is 0. The maximum atomic E-state index is 13.8. The molecule has 6 heteroatoms. The fraction of sp³-hybridized carbons (Fsp3) is 0.500. The molecule has 0 saturated heterocycles. The highest BCUT2D eigenvalue weighted by atomic mass is 32.2. The smallest absolute Gasteiger partial charge is 0.292 e. The van der Waals surface area contributed by atoms with Gasteiger partial charge >= 0.3 is 10.3 Å². The summed E-state index contributed by atoms with van der Waals surface area (Å²) in [7, 11) is -4.62. The van der Waals surface area contributed by atoms with Crippen LogP contribution in [0.4, 0.5) is 0 Å². The van der Waals surface area contributed by atoms with Gasteiger partial charge in [0.2, 0.25) is 0 Å². The van der Waals surface area contributed by atoms with Crippen molar-refractivity contribution in [3.63, 3.8) is 0 Å². The van der Waals surface area contributed by atoms with Crippen molar-refractivity contribution in [1.29, 1.82) is 0 Å². The van der Waals surface area contributed by atoms with Gasteiger partial charge in [0.25, 0.3) is 0 Å².